The van der Waals surface area contributed by atoms with Gasteiger partial charge in [-0.25, -0.2) is 8.42 Å². The first-order valence-electron chi connectivity index (χ1n) is 9.00. The number of likely N-dealkylation sites (tertiary alicyclic amines) is 1. The SMILES string of the molecule is CS(=O)(=O)Nc1ccc(NC(=O)C2CC(=O)N(CCc3ccccc3)C2)cc1. The molecule has 1 unspecified atom stereocenters. The number of nitrogens with zero attached hydrogens (tertiary/aromatic N) is 1. The number of hydrogen-bond donors (Lipinski definition) is 2. The van der Waals surface area contributed by atoms with E-state index in [1.165, 1.54) is 0 Å². The van der Waals surface area contributed by atoms with Crippen LogP contribution in [-0.4, -0.2) is 44.5 Å². The predicted octanol–water partition coefficient (Wildman–Crippen LogP) is 2.09. The summed E-state index contributed by atoms with van der Waals surface area (Å²) in [6.07, 6.45) is 2.04. The van der Waals surface area contributed by atoms with Crippen molar-refractivity contribution in [3.8, 4) is 0 Å². The molecule has 0 aliphatic carbocycles. The fraction of sp³-hybridized carbons (Fsp3) is 0.300. The third kappa shape index (κ3) is 5.56. The van der Waals surface area contributed by atoms with Gasteiger partial charge < -0.3 is 10.2 Å². The van der Waals surface area contributed by atoms with Gasteiger partial charge in [0, 0.05) is 30.9 Å². The molecule has 1 aliphatic heterocycles. The first kappa shape index (κ1) is 19.9. The second kappa shape index (κ2) is 8.43. The van der Waals surface area contributed by atoms with Crippen LogP contribution >= 0.6 is 0 Å². The van der Waals surface area contributed by atoms with Crippen molar-refractivity contribution >= 4 is 33.2 Å². The molecule has 0 spiro atoms. The Morgan fingerprint density at radius 1 is 1.07 bits per heavy atom. The van der Waals surface area contributed by atoms with E-state index in [0.29, 0.717) is 24.5 Å². The molecule has 3 rings (SSSR count). The zero-order valence-electron chi connectivity index (χ0n) is 15.6. The smallest absolute Gasteiger partial charge is 0.229 e. The maximum Gasteiger partial charge on any atom is 0.229 e. The summed E-state index contributed by atoms with van der Waals surface area (Å²) < 4.78 is 24.8. The van der Waals surface area contributed by atoms with Gasteiger partial charge in [-0.15, -0.1) is 0 Å². The lowest BCUT2D eigenvalue weighted by Crippen LogP contribution is -2.30. The van der Waals surface area contributed by atoms with Crippen molar-refractivity contribution in [3.05, 3.63) is 60.2 Å². The summed E-state index contributed by atoms with van der Waals surface area (Å²) in [6, 6.07) is 16.3. The number of hydrogen-bond acceptors (Lipinski definition) is 4. The van der Waals surface area contributed by atoms with E-state index in [1.54, 1.807) is 29.2 Å². The van der Waals surface area contributed by atoms with Gasteiger partial charge in [0.15, 0.2) is 0 Å². The number of carbonyl (C=O) groups excluding carboxylic acids is 2. The molecule has 1 aliphatic rings. The van der Waals surface area contributed by atoms with Gasteiger partial charge in [0.05, 0.1) is 12.2 Å². The largest absolute Gasteiger partial charge is 0.342 e. The van der Waals surface area contributed by atoms with Gasteiger partial charge in [0.2, 0.25) is 21.8 Å². The summed E-state index contributed by atoms with van der Waals surface area (Å²) >= 11 is 0. The molecule has 2 aromatic rings. The molecule has 148 valence electrons. The molecule has 1 saturated heterocycles. The van der Waals surface area contributed by atoms with Crippen LogP contribution in [0.4, 0.5) is 11.4 Å². The molecule has 0 radical (unpaired) electrons. The minimum absolute atomic E-state index is 0.0104. The molecule has 2 amide bonds. The van der Waals surface area contributed by atoms with Gasteiger partial charge in [-0.1, -0.05) is 30.3 Å². The molecule has 2 aromatic carbocycles. The summed E-state index contributed by atoms with van der Waals surface area (Å²) in [4.78, 5) is 26.4. The van der Waals surface area contributed by atoms with Gasteiger partial charge in [-0.3, -0.25) is 14.3 Å². The topological polar surface area (TPSA) is 95.6 Å². The van der Waals surface area contributed by atoms with Gasteiger partial charge in [0.25, 0.3) is 0 Å². The van der Waals surface area contributed by atoms with E-state index in [4.69, 9.17) is 0 Å². The summed E-state index contributed by atoms with van der Waals surface area (Å²) in [5.74, 6) is -0.611. The molecule has 7 nitrogen and oxygen atoms in total. The van der Waals surface area contributed by atoms with Crippen LogP contribution in [0.3, 0.4) is 0 Å². The minimum Gasteiger partial charge on any atom is -0.342 e. The van der Waals surface area contributed by atoms with E-state index in [0.717, 1.165) is 18.2 Å². The van der Waals surface area contributed by atoms with Gasteiger partial charge in [0.1, 0.15) is 0 Å². The quantitative estimate of drug-likeness (QED) is 0.743. The maximum atomic E-state index is 12.5. The number of amides is 2. The van der Waals surface area contributed by atoms with Crippen molar-refractivity contribution in [1.29, 1.82) is 0 Å². The summed E-state index contributed by atoms with van der Waals surface area (Å²) in [5, 5.41) is 2.79. The minimum atomic E-state index is -3.34. The second-order valence-electron chi connectivity index (χ2n) is 6.92. The van der Waals surface area contributed by atoms with E-state index < -0.39 is 15.9 Å². The van der Waals surface area contributed by atoms with Crippen LogP contribution < -0.4 is 10.0 Å². The number of carbonyl (C=O) groups is 2. The Morgan fingerprint density at radius 2 is 1.71 bits per heavy atom. The average molecular weight is 401 g/mol. The molecule has 28 heavy (non-hydrogen) atoms. The highest BCUT2D eigenvalue weighted by molar-refractivity contribution is 7.92. The predicted molar refractivity (Wildman–Crippen MR) is 108 cm³/mol. The Kier molecular flexibility index (Phi) is 5.99. The van der Waals surface area contributed by atoms with Crippen molar-refractivity contribution in [3.63, 3.8) is 0 Å². The average Bonchev–Trinajstić information content (AvgIpc) is 3.02. The van der Waals surface area contributed by atoms with Crippen molar-refractivity contribution in [2.24, 2.45) is 5.92 Å². The van der Waals surface area contributed by atoms with Crippen molar-refractivity contribution in [1.82, 2.24) is 4.90 Å². The van der Waals surface area contributed by atoms with E-state index in [-0.39, 0.29) is 18.2 Å². The zero-order valence-corrected chi connectivity index (χ0v) is 16.4. The molecular weight excluding hydrogens is 378 g/mol. The van der Waals surface area contributed by atoms with Crippen molar-refractivity contribution in [2.75, 3.05) is 29.4 Å². The fourth-order valence-corrected chi connectivity index (χ4v) is 3.72. The van der Waals surface area contributed by atoms with Gasteiger partial charge in [-0.05, 0) is 36.2 Å². The number of sulfonamides is 1. The summed E-state index contributed by atoms with van der Waals surface area (Å²) in [5.41, 5.74) is 2.13. The Morgan fingerprint density at radius 3 is 2.36 bits per heavy atom. The molecule has 0 aromatic heterocycles. The Hall–Kier alpha value is -2.87. The lowest BCUT2D eigenvalue weighted by Gasteiger charge is -2.16. The number of benzene rings is 2. The first-order chi connectivity index (χ1) is 13.3. The number of rotatable bonds is 7. The Balaban J connectivity index is 1.53. The van der Waals surface area contributed by atoms with Crippen LogP contribution in [0, 0.1) is 5.92 Å². The highest BCUT2D eigenvalue weighted by Gasteiger charge is 2.34. The molecule has 1 fully saturated rings. The van der Waals surface area contributed by atoms with E-state index in [1.807, 2.05) is 30.3 Å². The molecule has 2 N–H and O–H groups in total. The summed E-state index contributed by atoms with van der Waals surface area (Å²) in [7, 11) is -3.34. The van der Waals surface area contributed by atoms with Crippen molar-refractivity contribution < 1.29 is 18.0 Å². The Labute approximate surface area is 164 Å². The normalized spacial score (nSPS) is 16.8. The standard InChI is InChI=1S/C20H23N3O4S/c1-28(26,27)22-18-9-7-17(8-10-18)21-20(25)16-13-19(24)23(14-16)12-11-15-5-3-2-4-6-15/h2-10,16,22H,11-14H2,1H3,(H,21,25). The van der Waals surface area contributed by atoms with Gasteiger partial charge in [-0.2, -0.15) is 0 Å². The Bertz CT molecular complexity index is 943. The maximum absolute atomic E-state index is 12.5. The van der Waals surface area contributed by atoms with Crippen LogP contribution in [0.2, 0.25) is 0 Å². The molecule has 0 bridgehead atoms. The highest BCUT2D eigenvalue weighted by Crippen LogP contribution is 2.21. The summed E-state index contributed by atoms with van der Waals surface area (Å²) in [6.45, 7) is 1.00. The van der Waals surface area contributed by atoms with Crippen LogP contribution in [0.1, 0.15) is 12.0 Å². The molecule has 1 atom stereocenters. The lowest BCUT2D eigenvalue weighted by molar-refractivity contribution is -0.128. The second-order valence-corrected chi connectivity index (χ2v) is 8.67. The van der Waals surface area contributed by atoms with E-state index in [2.05, 4.69) is 10.0 Å². The van der Waals surface area contributed by atoms with Crippen LogP contribution in [-0.2, 0) is 26.0 Å². The lowest BCUT2D eigenvalue weighted by atomic mass is 10.1. The molecule has 1 heterocycles. The van der Waals surface area contributed by atoms with Crippen LogP contribution in [0.15, 0.2) is 54.6 Å². The number of anilines is 2. The third-order valence-electron chi connectivity index (χ3n) is 4.55. The van der Waals surface area contributed by atoms with Crippen molar-refractivity contribution in [2.45, 2.75) is 12.8 Å². The van der Waals surface area contributed by atoms with Crippen LogP contribution in [0.5, 0.6) is 0 Å². The third-order valence-corrected chi connectivity index (χ3v) is 5.16. The highest BCUT2D eigenvalue weighted by atomic mass is 32.2. The monoisotopic (exact) mass is 401 g/mol. The zero-order chi connectivity index (χ0) is 20.1. The molecule has 0 saturated carbocycles. The first-order valence-corrected chi connectivity index (χ1v) is 10.9. The van der Waals surface area contributed by atoms with E-state index in [9.17, 15) is 18.0 Å². The molecular formula is C20H23N3O4S. The van der Waals surface area contributed by atoms with E-state index >= 15 is 0 Å². The van der Waals surface area contributed by atoms with Gasteiger partial charge >= 0.3 is 0 Å². The molecule has 8 heteroatoms. The van der Waals surface area contributed by atoms with Crippen LogP contribution in [0.25, 0.3) is 0 Å². The fourth-order valence-electron chi connectivity index (χ4n) is 3.15. The number of nitrogens with one attached hydrogen (secondary N) is 2.